The second kappa shape index (κ2) is 4.97. The van der Waals surface area contributed by atoms with Crippen molar-refractivity contribution in [2.75, 3.05) is 6.54 Å². The number of pyridine rings is 1. The topological polar surface area (TPSA) is 90.7 Å². The molecule has 0 unspecified atom stereocenters. The van der Waals surface area contributed by atoms with Crippen LogP contribution in [0.5, 0.6) is 0 Å². The van der Waals surface area contributed by atoms with Gasteiger partial charge in [0.25, 0.3) is 5.91 Å². The summed E-state index contributed by atoms with van der Waals surface area (Å²) in [7, 11) is 0. The van der Waals surface area contributed by atoms with Crippen molar-refractivity contribution < 1.29 is 19.8 Å². The van der Waals surface area contributed by atoms with Crippen LogP contribution in [0.2, 0.25) is 0 Å². The van der Waals surface area contributed by atoms with Gasteiger partial charge in [0.1, 0.15) is 11.7 Å². The van der Waals surface area contributed by atoms with Gasteiger partial charge in [-0.1, -0.05) is 0 Å². The number of carboxylic acid groups (broad SMARTS) is 1. The van der Waals surface area contributed by atoms with E-state index in [1.807, 2.05) is 13.0 Å². The largest absolute Gasteiger partial charge is 0.480 e. The van der Waals surface area contributed by atoms with Gasteiger partial charge in [-0.2, -0.15) is 0 Å². The predicted octanol–water partition coefficient (Wildman–Crippen LogP) is 0.358. The Morgan fingerprint density at radius 1 is 1.37 bits per heavy atom. The molecule has 0 aromatic carbocycles. The van der Waals surface area contributed by atoms with Gasteiger partial charge in [-0.25, -0.2) is 9.78 Å². The molecule has 1 fully saturated rings. The molecule has 0 spiro atoms. The fraction of sp³-hybridized carbons (Fsp3) is 0.462. The number of carbonyl (C=O) groups is 2. The van der Waals surface area contributed by atoms with Crippen LogP contribution in [0.25, 0.3) is 0 Å². The number of amides is 1. The SMILES string of the molecule is Cc1cc(C)nc(C(=O)N2C[C@H](O)C[C@H]2C(=O)O)c1. The number of aryl methyl sites for hydroxylation is 2. The Labute approximate surface area is 110 Å². The Hall–Kier alpha value is -1.95. The highest BCUT2D eigenvalue weighted by molar-refractivity contribution is 5.95. The van der Waals surface area contributed by atoms with Crippen molar-refractivity contribution in [1.82, 2.24) is 9.88 Å². The minimum Gasteiger partial charge on any atom is -0.480 e. The number of aliphatic hydroxyl groups is 1. The first-order valence-electron chi connectivity index (χ1n) is 6.05. The molecule has 102 valence electrons. The van der Waals surface area contributed by atoms with E-state index in [9.17, 15) is 14.7 Å². The number of hydrogen-bond donors (Lipinski definition) is 2. The molecule has 0 aliphatic carbocycles. The molecule has 0 radical (unpaired) electrons. The lowest BCUT2D eigenvalue weighted by molar-refractivity contribution is -0.141. The minimum absolute atomic E-state index is 0.0322. The maximum absolute atomic E-state index is 12.3. The molecule has 1 saturated heterocycles. The molecule has 2 N–H and O–H groups in total. The maximum Gasteiger partial charge on any atom is 0.326 e. The molecule has 2 heterocycles. The second-order valence-corrected chi connectivity index (χ2v) is 4.87. The van der Waals surface area contributed by atoms with E-state index in [-0.39, 0.29) is 18.7 Å². The average molecular weight is 264 g/mol. The fourth-order valence-electron chi connectivity index (χ4n) is 2.37. The van der Waals surface area contributed by atoms with Crippen molar-refractivity contribution in [3.05, 3.63) is 29.1 Å². The van der Waals surface area contributed by atoms with Gasteiger partial charge >= 0.3 is 5.97 Å². The Balaban J connectivity index is 2.30. The summed E-state index contributed by atoms with van der Waals surface area (Å²) in [6.45, 7) is 3.65. The van der Waals surface area contributed by atoms with Gasteiger partial charge in [0, 0.05) is 18.7 Å². The zero-order valence-electron chi connectivity index (χ0n) is 10.8. The highest BCUT2D eigenvalue weighted by Crippen LogP contribution is 2.20. The quantitative estimate of drug-likeness (QED) is 0.804. The molecule has 6 nitrogen and oxygen atoms in total. The maximum atomic E-state index is 12.3. The number of nitrogens with zero attached hydrogens (tertiary/aromatic N) is 2. The van der Waals surface area contributed by atoms with Crippen molar-refractivity contribution in [3.63, 3.8) is 0 Å². The third-order valence-electron chi connectivity index (χ3n) is 3.14. The summed E-state index contributed by atoms with van der Waals surface area (Å²) in [6, 6.07) is 2.48. The number of rotatable bonds is 2. The summed E-state index contributed by atoms with van der Waals surface area (Å²) in [5.74, 6) is -1.55. The number of aliphatic hydroxyl groups excluding tert-OH is 1. The number of carboxylic acids is 1. The van der Waals surface area contributed by atoms with Crippen LogP contribution in [0.15, 0.2) is 12.1 Å². The van der Waals surface area contributed by atoms with E-state index in [1.54, 1.807) is 13.0 Å². The van der Waals surface area contributed by atoms with Crippen LogP contribution >= 0.6 is 0 Å². The van der Waals surface area contributed by atoms with Crippen molar-refractivity contribution in [1.29, 1.82) is 0 Å². The standard InChI is InChI=1S/C13H16N2O4/c1-7-3-8(2)14-10(4-7)12(17)15-6-9(16)5-11(15)13(18)19/h3-4,9,11,16H,5-6H2,1-2H3,(H,18,19)/t9-,11+/m1/s1. The van der Waals surface area contributed by atoms with E-state index >= 15 is 0 Å². The molecule has 1 aromatic heterocycles. The van der Waals surface area contributed by atoms with Gasteiger partial charge in [0.05, 0.1) is 6.10 Å². The molecule has 1 amide bonds. The molecular formula is C13H16N2O4. The van der Waals surface area contributed by atoms with E-state index < -0.39 is 24.0 Å². The second-order valence-electron chi connectivity index (χ2n) is 4.87. The Morgan fingerprint density at radius 3 is 2.63 bits per heavy atom. The zero-order valence-corrected chi connectivity index (χ0v) is 10.8. The van der Waals surface area contributed by atoms with E-state index in [2.05, 4.69) is 4.98 Å². The molecule has 2 atom stereocenters. The molecule has 6 heteroatoms. The lowest BCUT2D eigenvalue weighted by Crippen LogP contribution is -2.41. The Bertz CT molecular complexity index is 509. The molecule has 0 bridgehead atoms. The number of hydrogen-bond acceptors (Lipinski definition) is 4. The number of likely N-dealkylation sites (tertiary alicyclic amines) is 1. The van der Waals surface area contributed by atoms with Gasteiger partial charge < -0.3 is 15.1 Å². The number of carbonyl (C=O) groups excluding carboxylic acids is 1. The van der Waals surface area contributed by atoms with Gasteiger partial charge in [-0.05, 0) is 31.5 Å². The molecule has 19 heavy (non-hydrogen) atoms. The van der Waals surface area contributed by atoms with Crippen molar-refractivity contribution in [3.8, 4) is 0 Å². The van der Waals surface area contributed by atoms with Crippen LogP contribution in [0.4, 0.5) is 0 Å². The lowest BCUT2D eigenvalue weighted by atomic mass is 10.2. The molecular weight excluding hydrogens is 248 g/mol. The summed E-state index contributed by atoms with van der Waals surface area (Å²) < 4.78 is 0. The first-order chi connectivity index (χ1) is 8.88. The van der Waals surface area contributed by atoms with Crippen LogP contribution in [0.1, 0.15) is 28.2 Å². The summed E-state index contributed by atoms with van der Waals surface area (Å²) in [5, 5.41) is 18.6. The molecule has 1 aromatic rings. The Morgan fingerprint density at radius 2 is 2.05 bits per heavy atom. The van der Waals surface area contributed by atoms with Crippen molar-refractivity contribution >= 4 is 11.9 Å². The van der Waals surface area contributed by atoms with Gasteiger partial charge in [0.15, 0.2) is 0 Å². The van der Waals surface area contributed by atoms with E-state index in [1.165, 1.54) is 4.90 Å². The van der Waals surface area contributed by atoms with E-state index in [4.69, 9.17) is 5.11 Å². The van der Waals surface area contributed by atoms with Crippen LogP contribution in [-0.4, -0.2) is 50.7 Å². The first-order valence-corrected chi connectivity index (χ1v) is 6.05. The van der Waals surface area contributed by atoms with Crippen LogP contribution in [0, 0.1) is 13.8 Å². The summed E-state index contributed by atoms with van der Waals surface area (Å²) in [4.78, 5) is 28.7. The Kier molecular flexibility index (Phi) is 3.53. The molecule has 1 aliphatic heterocycles. The molecule has 0 saturated carbocycles. The van der Waals surface area contributed by atoms with Crippen molar-refractivity contribution in [2.45, 2.75) is 32.4 Å². The minimum atomic E-state index is -1.10. The van der Waals surface area contributed by atoms with Gasteiger partial charge in [-0.3, -0.25) is 4.79 Å². The normalized spacial score (nSPS) is 22.6. The highest BCUT2D eigenvalue weighted by atomic mass is 16.4. The predicted molar refractivity (Wildman–Crippen MR) is 66.8 cm³/mol. The third kappa shape index (κ3) is 2.73. The number of aliphatic carboxylic acids is 1. The van der Waals surface area contributed by atoms with Crippen LogP contribution in [-0.2, 0) is 4.79 Å². The highest BCUT2D eigenvalue weighted by Gasteiger charge is 2.39. The van der Waals surface area contributed by atoms with Gasteiger partial charge in [0.2, 0.25) is 0 Å². The number of aromatic nitrogens is 1. The summed E-state index contributed by atoms with van der Waals surface area (Å²) >= 11 is 0. The fourth-order valence-corrected chi connectivity index (χ4v) is 2.37. The first kappa shape index (κ1) is 13.5. The smallest absolute Gasteiger partial charge is 0.326 e. The van der Waals surface area contributed by atoms with Crippen molar-refractivity contribution in [2.24, 2.45) is 0 Å². The number of β-amino-alcohol motifs (C(OH)–C–C–N with tert-alkyl or cyclic N) is 1. The average Bonchev–Trinajstić information content (AvgIpc) is 2.69. The van der Waals surface area contributed by atoms with Gasteiger partial charge in [-0.15, -0.1) is 0 Å². The van der Waals surface area contributed by atoms with Crippen LogP contribution < -0.4 is 0 Å². The van der Waals surface area contributed by atoms with Crippen LogP contribution in [0.3, 0.4) is 0 Å². The lowest BCUT2D eigenvalue weighted by Gasteiger charge is -2.20. The molecule has 1 aliphatic rings. The van der Waals surface area contributed by atoms with E-state index in [0.29, 0.717) is 5.69 Å². The summed E-state index contributed by atoms with van der Waals surface area (Å²) in [5.41, 5.74) is 1.82. The summed E-state index contributed by atoms with van der Waals surface area (Å²) in [6.07, 6.45) is -0.734. The third-order valence-corrected chi connectivity index (χ3v) is 3.14. The van der Waals surface area contributed by atoms with E-state index in [0.717, 1.165) is 5.56 Å². The molecule has 2 rings (SSSR count). The monoisotopic (exact) mass is 264 g/mol. The zero-order chi connectivity index (χ0) is 14.2.